The molecule has 2 aromatic carbocycles. The lowest BCUT2D eigenvalue weighted by Crippen LogP contribution is -2.25. The van der Waals surface area contributed by atoms with Crippen molar-refractivity contribution in [3.8, 4) is 0 Å². The first kappa shape index (κ1) is 21.1. The van der Waals surface area contributed by atoms with E-state index in [-0.39, 0.29) is 0 Å². The fraction of sp³-hybridized carbons (Fsp3) is 0.400. The predicted octanol–water partition coefficient (Wildman–Crippen LogP) is 3.84. The normalized spacial score (nSPS) is 12.8. The van der Waals surface area contributed by atoms with Gasteiger partial charge >= 0.3 is 0 Å². The number of benzene rings is 2. The summed E-state index contributed by atoms with van der Waals surface area (Å²) in [6.07, 6.45) is 6.15. The lowest BCUT2D eigenvalue weighted by atomic mass is 10.1. The second-order valence-electron chi connectivity index (χ2n) is 5.81. The molecule has 0 saturated carbocycles. The minimum absolute atomic E-state index is 0.294. The first-order valence-corrected chi connectivity index (χ1v) is 11.0. The molecule has 0 bridgehead atoms. The van der Waals surface area contributed by atoms with E-state index in [2.05, 4.69) is 61.0 Å². The Morgan fingerprint density at radius 3 is 1.29 bits per heavy atom. The zero-order valence-corrected chi connectivity index (χ0v) is 16.4. The van der Waals surface area contributed by atoms with Crippen molar-refractivity contribution in [2.24, 2.45) is 11.5 Å². The average molecular weight is 363 g/mol. The smallest absolute Gasteiger partial charge is 0.0171 e. The van der Waals surface area contributed by atoms with Gasteiger partial charge in [-0.25, -0.2) is 0 Å². The molecule has 2 aromatic rings. The van der Waals surface area contributed by atoms with Crippen LogP contribution in [0.4, 0.5) is 0 Å². The number of rotatable bonds is 8. The number of nitrogens with two attached hydrogens (primary N) is 2. The van der Waals surface area contributed by atoms with Gasteiger partial charge in [-0.15, -0.1) is 0 Å². The van der Waals surface area contributed by atoms with Gasteiger partial charge in [0.05, 0.1) is 0 Å². The van der Waals surface area contributed by atoms with Gasteiger partial charge in [-0.1, -0.05) is 60.7 Å². The highest BCUT2D eigenvalue weighted by molar-refractivity contribution is 7.98. The molecule has 2 atom stereocenters. The highest BCUT2D eigenvalue weighted by Gasteiger charge is 2.02. The zero-order valence-electron chi connectivity index (χ0n) is 14.7. The molecule has 0 heterocycles. The van der Waals surface area contributed by atoms with Crippen LogP contribution in [-0.2, 0) is 12.8 Å². The van der Waals surface area contributed by atoms with Crippen LogP contribution in [0, 0.1) is 0 Å². The predicted molar refractivity (Wildman–Crippen MR) is 113 cm³/mol. The van der Waals surface area contributed by atoms with Crippen molar-refractivity contribution in [2.45, 2.75) is 24.9 Å². The molecule has 0 saturated heterocycles. The maximum Gasteiger partial charge on any atom is 0.0171 e. The van der Waals surface area contributed by atoms with Crippen molar-refractivity contribution < 1.29 is 0 Å². The van der Waals surface area contributed by atoms with Crippen LogP contribution in [0.2, 0.25) is 0 Å². The molecule has 0 radical (unpaired) electrons. The van der Waals surface area contributed by atoms with E-state index >= 15 is 0 Å². The van der Waals surface area contributed by atoms with Crippen molar-refractivity contribution in [2.75, 3.05) is 24.0 Å². The van der Waals surface area contributed by atoms with E-state index in [0.29, 0.717) is 12.1 Å². The SMILES string of the molecule is CSCC(N)Cc1ccccc1.CSCC(N)Cc1ccccc1. The Kier molecular flexibility index (Phi) is 11.7. The van der Waals surface area contributed by atoms with Gasteiger partial charge < -0.3 is 11.5 Å². The number of thioether (sulfide) groups is 2. The molecule has 4 N–H and O–H groups in total. The van der Waals surface area contributed by atoms with E-state index in [1.807, 2.05) is 12.1 Å². The molecule has 4 heteroatoms. The molecular formula is C20H30N2S2. The minimum Gasteiger partial charge on any atom is -0.327 e. The molecule has 2 nitrogen and oxygen atoms in total. The first-order valence-electron chi connectivity index (χ1n) is 8.22. The summed E-state index contributed by atoms with van der Waals surface area (Å²) in [4.78, 5) is 0. The van der Waals surface area contributed by atoms with Crippen LogP contribution >= 0.6 is 23.5 Å². The molecule has 0 aromatic heterocycles. The summed E-state index contributed by atoms with van der Waals surface area (Å²) in [5.41, 5.74) is 14.5. The Balaban J connectivity index is 0.000000240. The summed E-state index contributed by atoms with van der Waals surface area (Å²) in [5.74, 6) is 2.07. The van der Waals surface area contributed by atoms with Crippen LogP contribution in [0.15, 0.2) is 60.7 Å². The summed E-state index contributed by atoms with van der Waals surface area (Å²) >= 11 is 3.61. The molecule has 132 valence electrons. The van der Waals surface area contributed by atoms with E-state index in [1.165, 1.54) is 11.1 Å². The lowest BCUT2D eigenvalue weighted by Gasteiger charge is -2.08. The third-order valence-corrected chi connectivity index (χ3v) is 4.97. The fourth-order valence-corrected chi connectivity index (χ4v) is 3.47. The highest BCUT2D eigenvalue weighted by Crippen LogP contribution is 2.05. The van der Waals surface area contributed by atoms with Gasteiger partial charge in [0.25, 0.3) is 0 Å². The first-order chi connectivity index (χ1) is 11.7. The highest BCUT2D eigenvalue weighted by atomic mass is 32.2. The molecule has 0 aliphatic heterocycles. The van der Waals surface area contributed by atoms with Crippen LogP contribution in [-0.4, -0.2) is 36.1 Å². The van der Waals surface area contributed by atoms with Crippen molar-refractivity contribution in [3.63, 3.8) is 0 Å². The second kappa shape index (κ2) is 13.4. The van der Waals surface area contributed by atoms with Gasteiger partial charge in [0.2, 0.25) is 0 Å². The lowest BCUT2D eigenvalue weighted by molar-refractivity contribution is 0.749. The van der Waals surface area contributed by atoms with Crippen LogP contribution < -0.4 is 11.5 Å². The monoisotopic (exact) mass is 362 g/mol. The van der Waals surface area contributed by atoms with E-state index in [1.54, 1.807) is 23.5 Å². The Morgan fingerprint density at radius 2 is 1.00 bits per heavy atom. The van der Waals surface area contributed by atoms with E-state index in [0.717, 1.165) is 24.3 Å². The maximum atomic E-state index is 5.90. The summed E-state index contributed by atoms with van der Waals surface area (Å²) in [6.45, 7) is 0. The zero-order chi connectivity index (χ0) is 17.6. The molecule has 0 aliphatic rings. The Bertz CT molecular complexity index is 470. The molecular weight excluding hydrogens is 332 g/mol. The topological polar surface area (TPSA) is 52.0 Å². The molecule has 0 aliphatic carbocycles. The average Bonchev–Trinajstić information content (AvgIpc) is 2.58. The van der Waals surface area contributed by atoms with E-state index in [4.69, 9.17) is 11.5 Å². The Hall–Kier alpha value is -0.940. The molecule has 2 unspecified atom stereocenters. The Labute approximate surface area is 155 Å². The van der Waals surface area contributed by atoms with Crippen molar-refractivity contribution in [3.05, 3.63) is 71.8 Å². The molecule has 0 amide bonds. The largest absolute Gasteiger partial charge is 0.327 e. The summed E-state index contributed by atoms with van der Waals surface area (Å²) in [7, 11) is 0. The standard InChI is InChI=1S/2C10H15NS/c2*1-12-8-10(11)7-9-5-3-2-4-6-9/h2*2-6,10H,7-8,11H2,1H3. The van der Waals surface area contributed by atoms with Gasteiger partial charge in [0.1, 0.15) is 0 Å². The molecule has 0 fully saturated rings. The Morgan fingerprint density at radius 1 is 0.667 bits per heavy atom. The van der Waals surface area contributed by atoms with E-state index < -0.39 is 0 Å². The summed E-state index contributed by atoms with van der Waals surface area (Å²) in [5, 5.41) is 0. The van der Waals surface area contributed by atoms with Gasteiger partial charge in [0, 0.05) is 23.6 Å². The van der Waals surface area contributed by atoms with Gasteiger partial charge in [0.15, 0.2) is 0 Å². The van der Waals surface area contributed by atoms with Crippen molar-refractivity contribution >= 4 is 23.5 Å². The van der Waals surface area contributed by atoms with Gasteiger partial charge in [-0.2, -0.15) is 23.5 Å². The second-order valence-corrected chi connectivity index (χ2v) is 7.63. The number of hydrogen-bond donors (Lipinski definition) is 2. The van der Waals surface area contributed by atoms with Crippen LogP contribution in [0.1, 0.15) is 11.1 Å². The summed E-state index contributed by atoms with van der Waals surface area (Å²) < 4.78 is 0. The van der Waals surface area contributed by atoms with Crippen LogP contribution in [0.5, 0.6) is 0 Å². The van der Waals surface area contributed by atoms with Crippen molar-refractivity contribution in [1.29, 1.82) is 0 Å². The summed E-state index contributed by atoms with van der Waals surface area (Å²) in [6, 6.07) is 21.4. The molecule has 24 heavy (non-hydrogen) atoms. The minimum atomic E-state index is 0.294. The molecule has 2 rings (SSSR count). The van der Waals surface area contributed by atoms with Gasteiger partial charge in [-0.05, 0) is 36.5 Å². The third kappa shape index (κ3) is 10.0. The maximum absolute atomic E-state index is 5.90. The quantitative estimate of drug-likeness (QED) is 0.749. The fourth-order valence-electron chi connectivity index (χ4n) is 2.38. The van der Waals surface area contributed by atoms with Crippen molar-refractivity contribution in [1.82, 2.24) is 0 Å². The van der Waals surface area contributed by atoms with E-state index in [9.17, 15) is 0 Å². The van der Waals surface area contributed by atoms with Gasteiger partial charge in [-0.3, -0.25) is 0 Å². The molecule has 0 spiro atoms. The third-order valence-electron chi connectivity index (χ3n) is 3.44. The van der Waals surface area contributed by atoms with Crippen LogP contribution in [0.3, 0.4) is 0 Å². The van der Waals surface area contributed by atoms with Crippen LogP contribution in [0.25, 0.3) is 0 Å². The number of hydrogen-bond acceptors (Lipinski definition) is 4.